The van der Waals surface area contributed by atoms with Gasteiger partial charge in [0.15, 0.2) is 5.16 Å². The summed E-state index contributed by atoms with van der Waals surface area (Å²) in [6.07, 6.45) is 0. The Morgan fingerprint density at radius 2 is 1.85 bits per heavy atom. The van der Waals surface area contributed by atoms with Crippen molar-refractivity contribution >= 4 is 35.1 Å². The van der Waals surface area contributed by atoms with Gasteiger partial charge < -0.3 is 16.8 Å². The molecule has 2 aromatic heterocycles. The van der Waals surface area contributed by atoms with Gasteiger partial charge in [0.1, 0.15) is 17.5 Å². The van der Waals surface area contributed by atoms with E-state index < -0.39 is 5.25 Å². The number of thioether (sulfide) groups is 1. The minimum atomic E-state index is -0.528. The van der Waals surface area contributed by atoms with Crippen LogP contribution in [-0.2, 0) is 4.79 Å². The number of nitrogens with one attached hydrogen (secondary N) is 2. The van der Waals surface area contributed by atoms with Crippen LogP contribution in [0.15, 0.2) is 52.4 Å². The predicted octanol–water partition coefficient (Wildman–Crippen LogP) is 1.24. The summed E-state index contributed by atoms with van der Waals surface area (Å²) >= 11 is 1.11. The summed E-state index contributed by atoms with van der Waals surface area (Å²) in [6, 6.07) is 11.8. The lowest BCUT2D eigenvalue weighted by Gasteiger charge is -2.10. The molecule has 0 aliphatic heterocycles. The first-order chi connectivity index (χ1) is 12.4. The normalized spacial score (nSPS) is 11.9. The summed E-state index contributed by atoms with van der Waals surface area (Å²) in [7, 11) is 0. The number of nitrogens with zero attached hydrogens (tertiary/aromatic N) is 3. The highest BCUT2D eigenvalue weighted by Gasteiger charge is 2.18. The molecule has 10 heteroatoms. The minimum absolute atomic E-state index is 0.233. The lowest BCUT2D eigenvalue weighted by Crippen LogP contribution is -2.23. The smallest absolute Gasteiger partial charge is 0.273 e. The Hall–Kier alpha value is -3.27. The molecular weight excluding hydrogens is 354 g/mol. The number of H-pyrrole nitrogens is 1. The molecule has 1 amide bonds. The summed E-state index contributed by atoms with van der Waals surface area (Å²) in [5, 5.41) is 5.30. The number of hydrogen-bond acceptors (Lipinski definition) is 7. The van der Waals surface area contributed by atoms with Crippen LogP contribution in [0.5, 0.6) is 0 Å². The van der Waals surface area contributed by atoms with Crippen molar-refractivity contribution in [3.05, 3.63) is 52.8 Å². The Bertz CT molecular complexity index is 964. The van der Waals surface area contributed by atoms with Gasteiger partial charge in [0, 0.05) is 12.1 Å². The van der Waals surface area contributed by atoms with Crippen molar-refractivity contribution in [3.63, 3.8) is 0 Å². The molecule has 0 aliphatic rings. The van der Waals surface area contributed by atoms with Gasteiger partial charge >= 0.3 is 0 Å². The highest BCUT2D eigenvalue weighted by molar-refractivity contribution is 8.00. The fourth-order valence-corrected chi connectivity index (χ4v) is 2.99. The van der Waals surface area contributed by atoms with Crippen LogP contribution in [0.4, 0.5) is 17.5 Å². The average molecular weight is 371 g/mol. The predicted molar refractivity (Wildman–Crippen MR) is 101 cm³/mol. The topological polar surface area (TPSA) is 145 Å². The van der Waals surface area contributed by atoms with Gasteiger partial charge in [-0.05, 0) is 19.1 Å². The number of rotatable bonds is 5. The number of aromatic amines is 1. The molecule has 2 heterocycles. The standard InChI is InChI=1S/C16H17N7O2S/c1-9(26-16-19-11(17)7-12(18)20-16)15(25)21-13-8-14(24)23(22-13)10-5-3-2-4-6-10/h2-9,22H,1H3,(H,21,25)(H4,17,18,19,20). The number of benzene rings is 1. The molecule has 1 aromatic carbocycles. The molecule has 6 N–H and O–H groups in total. The summed E-state index contributed by atoms with van der Waals surface area (Å²) in [5.41, 5.74) is 11.6. The van der Waals surface area contributed by atoms with Crippen molar-refractivity contribution in [1.29, 1.82) is 0 Å². The third-order valence-electron chi connectivity index (χ3n) is 3.39. The number of carbonyl (C=O) groups excluding carboxylic acids is 1. The SMILES string of the molecule is CC(Sc1nc(N)cc(N)n1)C(=O)Nc1cc(=O)n(-c2ccccc2)[nH]1. The first-order valence-electron chi connectivity index (χ1n) is 7.67. The lowest BCUT2D eigenvalue weighted by molar-refractivity contribution is -0.115. The summed E-state index contributed by atoms with van der Waals surface area (Å²) in [5.74, 6) is 0.444. The Kier molecular flexibility index (Phi) is 4.94. The number of amides is 1. The number of aromatic nitrogens is 4. The maximum atomic E-state index is 12.4. The Morgan fingerprint density at radius 3 is 2.50 bits per heavy atom. The molecule has 1 unspecified atom stereocenters. The van der Waals surface area contributed by atoms with Crippen LogP contribution < -0.4 is 22.3 Å². The van der Waals surface area contributed by atoms with Crippen molar-refractivity contribution in [1.82, 2.24) is 19.7 Å². The van der Waals surface area contributed by atoms with Crippen LogP contribution in [0.1, 0.15) is 6.92 Å². The molecule has 3 rings (SSSR count). The molecule has 0 bridgehead atoms. The van der Waals surface area contributed by atoms with Gasteiger partial charge in [-0.25, -0.2) is 14.6 Å². The van der Waals surface area contributed by atoms with Crippen LogP contribution in [0, 0.1) is 0 Å². The van der Waals surface area contributed by atoms with Gasteiger partial charge in [0.05, 0.1) is 10.9 Å². The molecule has 134 valence electrons. The van der Waals surface area contributed by atoms with E-state index in [2.05, 4.69) is 20.4 Å². The number of carbonyl (C=O) groups is 1. The van der Waals surface area contributed by atoms with Gasteiger partial charge in [0.25, 0.3) is 5.56 Å². The molecule has 0 saturated carbocycles. The molecule has 0 fully saturated rings. The lowest BCUT2D eigenvalue weighted by atomic mass is 10.3. The second kappa shape index (κ2) is 7.31. The molecule has 0 saturated heterocycles. The number of hydrogen-bond donors (Lipinski definition) is 4. The van der Waals surface area contributed by atoms with Crippen LogP contribution in [0.2, 0.25) is 0 Å². The molecular formula is C16H17N7O2S. The summed E-state index contributed by atoms with van der Waals surface area (Å²) in [4.78, 5) is 32.5. The molecule has 9 nitrogen and oxygen atoms in total. The van der Waals surface area contributed by atoms with Crippen LogP contribution in [0.25, 0.3) is 5.69 Å². The molecule has 0 radical (unpaired) electrons. The van der Waals surface area contributed by atoms with Gasteiger partial charge in [0.2, 0.25) is 5.91 Å². The zero-order chi connectivity index (χ0) is 18.7. The Balaban J connectivity index is 1.71. The van der Waals surface area contributed by atoms with E-state index in [4.69, 9.17) is 11.5 Å². The highest BCUT2D eigenvalue weighted by atomic mass is 32.2. The largest absolute Gasteiger partial charge is 0.383 e. The van der Waals surface area contributed by atoms with Crippen LogP contribution in [-0.4, -0.2) is 30.9 Å². The average Bonchev–Trinajstić information content (AvgIpc) is 2.95. The number of anilines is 3. The summed E-state index contributed by atoms with van der Waals surface area (Å²) in [6.45, 7) is 1.69. The second-order valence-electron chi connectivity index (χ2n) is 5.43. The fraction of sp³-hybridized carbons (Fsp3) is 0.125. The van der Waals surface area contributed by atoms with E-state index in [1.807, 2.05) is 18.2 Å². The number of nitrogens with two attached hydrogens (primary N) is 2. The zero-order valence-electron chi connectivity index (χ0n) is 13.8. The van der Waals surface area contributed by atoms with E-state index >= 15 is 0 Å². The molecule has 26 heavy (non-hydrogen) atoms. The number of para-hydroxylation sites is 1. The number of nitrogen functional groups attached to an aromatic ring is 2. The van der Waals surface area contributed by atoms with Gasteiger partial charge in [-0.3, -0.25) is 14.7 Å². The monoisotopic (exact) mass is 371 g/mol. The van der Waals surface area contributed by atoms with E-state index in [9.17, 15) is 9.59 Å². The Labute approximate surface area is 152 Å². The third kappa shape index (κ3) is 4.03. The first-order valence-corrected chi connectivity index (χ1v) is 8.55. The van der Waals surface area contributed by atoms with Gasteiger partial charge in [-0.2, -0.15) is 0 Å². The van der Waals surface area contributed by atoms with E-state index in [1.165, 1.54) is 16.8 Å². The molecule has 1 atom stereocenters. The van der Waals surface area contributed by atoms with Crippen LogP contribution >= 0.6 is 11.8 Å². The van der Waals surface area contributed by atoms with Gasteiger partial charge in [-0.1, -0.05) is 30.0 Å². The maximum Gasteiger partial charge on any atom is 0.273 e. The van der Waals surface area contributed by atoms with Gasteiger partial charge in [-0.15, -0.1) is 0 Å². The van der Waals surface area contributed by atoms with Crippen molar-refractivity contribution in [2.45, 2.75) is 17.3 Å². The fourth-order valence-electron chi connectivity index (χ4n) is 2.19. The molecule has 0 spiro atoms. The molecule has 0 aliphatic carbocycles. The van der Waals surface area contributed by atoms with Crippen molar-refractivity contribution in [2.24, 2.45) is 0 Å². The first kappa shape index (κ1) is 17.5. The van der Waals surface area contributed by atoms with E-state index in [0.717, 1.165) is 11.8 Å². The van der Waals surface area contributed by atoms with Crippen LogP contribution in [0.3, 0.4) is 0 Å². The zero-order valence-corrected chi connectivity index (χ0v) is 14.7. The Morgan fingerprint density at radius 1 is 1.19 bits per heavy atom. The van der Waals surface area contributed by atoms with Crippen molar-refractivity contribution in [3.8, 4) is 5.69 Å². The van der Waals surface area contributed by atoms with Crippen molar-refractivity contribution in [2.75, 3.05) is 16.8 Å². The highest BCUT2D eigenvalue weighted by Crippen LogP contribution is 2.22. The third-order valence-corrected chi connectivity index (χ3v) is 4.35. The minimum Gasteiger partial charge on any atom is -0.383 e. The van der Waals surface area contributed by atoms with E-state index in [0.29, 0.717) is 16.7 Å². The quantitative estimate of drug-likeness (QED) is 0.390. The van der Waals surface area contributed by atoms with E-state index in [-0.39, 0.29) is 23.1 Å². The summed E-state index contributed by atoms with van der Waals surface area (Å²) < 4.78 is 1.34. The van der Waals surface area contributed by atoms with E-state index in [1.54, 1.807) is 19.1 Å². The molecule has 3 aromatic rings. The second-order valence-corrected chi connectivity index (χ2v) is 6.74. The van der Waals surface area contributed by atoms with Crippen molar-refractivity contribution < 1.29 is 4.79 Å². The maximum absolute atomic E-state index is 12.4.